The fourth-order valence-electron chi connectivity index (χ4n) is 12.9. The molecule has 0 aliphatic heterocycles. The molecule has 0 saturated heterocycles. The van der Waals surface area contributed by atoms with E-state index in [1.54, 1.807) is 18.6 Å². The molecule has 0 unspecified atom stereocenters. The molecule has 0 aliphatic carbocycles. The van der Waals surface area contributed by atoms with Gasteiger partial charge in [-0.2, -0.15) is 0 Å². The zero-order valence-electron chi connectivity index (χ0n) is 70.7. The van der Waals surface area contributed by atoms with Crippen molar-refractivity contribution in [2.45, 2.75) is 61.8 Å². The summed E-state index contributed by atoms with van der Waals surface area (Å²) in [6.45, 7) is 15.9. The molecule has 9 nitrogen and oxygen atoms in total. The van der Waals surface area contributed by atoms with Crippen molar-refractivity contribution in [3.05, 3.63) is 477 Å². The first-order valence-electron chi connectivity index (χ1n) is 40.0. The maximum atomic E-state index is 10.0. The van der Waals surface area contributed by atoms with E-state index in [1.807, 2.05) is 267 Å². The van der Waals surface area contributed by atoms with Crippen molar-refractivity contribution in [1.29, 1.82) is 0 Å². The molecule has 125 heavy (non-hydrogen) atoms. The zero-order chi connectivity index (χ0) is 84.6. The Morgan fingerprint density at radius 2 is 0.600 bits per heavy atom. The molecule has 0 fully saturated rings. The average Bonchev–Trinajstić information content (AvgIpc) is 0.652. The van der Waals surface area contributed by atoms with Crippen LogP contribution in [0.25, 0.3) is 123 Å². The van der Waals surface area contributed by atoms with Gasteiger partial charge in [0.25, 0.3) is 0 Å². The standard InChI is InChI=1S/C19H18N.2C19H16N.C17H12N.3C11H8N.C5H8O2.4Ir/c1-14(2)13-16-9-6-10-19-17(16)11-12-18(20-19)15-7-4-3-5-8-15;2*1-14-10-15(2)12-18(11-14)17-8-9-20-19(13-17)16-6-4-3-5-7-16;1-3-7-14(8-4-1)16-11-12-18-17(13-16)15-9-5-2-6-10-15;3*1-2-6-10(7-3-1)11-8-4-5-9-12-11;1-4(6)3-5(2)7;;;;/h3-7,9-12,14H,13H2,1-2H3;2*3-6,8-13H,1-2H3;1-9,11-13H;3*1-6,8-9H;3,6H,1-2H3;;;;/q7*-1;;;;;. The minimum absolute atomic E-state index is 0. The number of ketones is 1. The van der Waals surface area contributed by atoms with E-state index in [9.17, 15) is 4.79 Å². The van der Waals surface area contributed by atoms with E-state index in [0.29, 0.717) is 5.92 Å². The molecule has 0 saturated carbocycles. The van der Waals surface area contributed by atoms with Crippen LogP contribution in [0.3, 0.4) is 0 Å². The summed E-state index contributed by atoms with van der Waals surface area (Å²) in [5.74, 6) is 0.593. The molecule has 0 amide bonds. The van der Waals surface area contributed by atoms with E-state index >= 15 is 0 Å². The molecule has 18 aromatic rings. The number of nitrogens with zero attached hydrogens (tertiary/aromatic N) is 7. The number of fused-ring (bicyclic) bond motifs is 1. The number of aromatic nitrogens is 7. The second kappa shape index (κ2) is 54.2. The van der Waals surface area contributed by atoms with Crippen LogP contribution < -0.4 is 0 Å². The maximum absolute atomic E-state index is 10.0. The number of carbonyl (C=O) groups is 1. The molecule has 13 heteroatoms. The molecular formula is C112H94Ir4N7O2-7. The Bertz CT molecular complexity index is 5640. The van der Waals surface area contributed by atoms with Crippen LogP contribution in [0.2, 0.25) is 0 Å². The number of aliphatic hydroxyl groups excluding tert-OH is 1. The molecule has 7 aromatic heterocycles. The largest absolute Gasteiger partial charge is 0.512 e. The Morgan fingerprint density at radius 1 is 0.296 bits per heavy atom. The molecular weight excluding hydrogens is 2240 g/mol. The summed E-state index contributed by atoms with van der Waals surface area (Å²) in [4.78, 5) is 40.8. The number of carbonyl (C=O) groups excluding carboxylic acids is 1. The van der Waals surface area contributed by atoms with Gasteiger partial charge in [-0.25, -0.2) is 0 Å². The van der Waals surface area contributed by atoms with E-state index in [2.05, 4.69) is 223 Å². The van der Waals surface area contributed by atoms with Crippen molar-refractivity contribution in [3.63, 3.8) is 0 Å². The molecule has 7 heterocycles. The SMILES string of the molecule is CC(=O)C=C(C)O.CC(C)Cc1cccc2nc(-c3[c-]cccc3)ccc12.Cc1cc(C)cc(-c2ccnc(-c3[c-]cccc3)c2)c1.Cc1cc(C)cc(-c2ccnc(-c3[c-]cccc3)c2)c1.[Ir].[Ir].[Ir].[Ir].[c-]1ccccc1-c1cc(-c2ccccc2)ccn1.[c-]1ccccc1-c1ccccn1.[c-]1ccccc1-c1ccccn1.[c-]1ccccc1-c1ccccn1. The van der Waals surface area contributed by atoms with Gasteiger partial charge in [0.1, 0.15) is 0 Å². The fraction of sp³-hybridized carbons (Fsp3) is 0.0893. The van der Waals surface area contributed by atoms with Crippen molar-refractivity contribution in [2.24, 2.45) is 5.92 Å². The van der Waals surface area contributed by atoms with Gasteiger partial charge in [-0.05, 0) is 175 Å². The molecule has 18 rings (SSSR count). The number of aryl methyl sites for hydroxylation is 4. The minimum Gasteiger partial charge on any atom is -0.512 e. The number of pyridine rings is 7. The summed E-state index contributed by atoms with van der Waals surface area (Å²) >= 11 is 0. The van der Waals surface area contributed by atoms with Crippen molar-refractivity contribution >= 4 is 16.7 Å². The summed E-state index contributed by atoms with van der Waals surface area (Å²) in [5.41, 5.74) is 28.8. The van der Waals surface area contributed by atoms with Crippen molar-refractivity contribution < 1.29 is 90.3 Å². The number of rotatable bonds is 13. The summed E-state index contributed by atoms with van der Waals surface area (Å²) in [6, 6.07) is 142. The Hall–Kier alpha value is -12.5. The van der Waals surface area contributed by atoms with Crippen molar-refractivity contribution in [1.82, 2.24) is 34.9 Å². The van der Waals surface area contributed by atoms with Gasteiger partial charge in [-0.1, -0.05) is 182 Å². The topological polar surface area (TPSA) is 128 Å². The van der Waals surface area contributed by atoms with Crippen LogP contribution in [0.4, 0.5) is 0 Å². The van der Waals surface area contributed by atoms with Gasteiger partial charge in [0.2, 0.25) is 0 Å². The smallest absolute Gasteiger partial charge is 0.155 e. The molecule has 0 spiro atoms. The predicted octanol–water partition coefficient (Wildman–Crippen LogP) is 27.5. The third-order valence-corrected chi connectivity index (χ3v) is 18.2. The van der Waals surface area contributed by atoms with Gasteiger partial charge in [0.15, 0.2) is 5.78 Å². The van der Waals surface area contributed by atoms with Crippen LogP contribution in [-0.2, 0) is 91.6 Å². The number of hydrogen-bond donors (Lipinski definition) is 1. The first-order chi connectivity index (χ1) is 59.1. The van der Waals surface area contributed by atoms with E-state index in [1.165, 1.54) is 86.5 Å². The fourth-order valence-corrected chi connectivity index (χ4v) is 12.9. The van der Waals surface area contributed by atoms with Crippen LogP contribution in [0.15, 0.2) is 407 Å². The summed E-state index contributed by atoms with van der Waals surface area (Å²) in [5, 5.41) is 9.63. The van der Waals surface area contributed by atoms with Gasteiger partial charge in [-0.15, -0.1) is 251 Å². The minimum atomic E-state index is -0.125. The van der Waals surface area contributed by atoms with E-state index in [0.717, 1.165) is 90.7 Å². The van der Waals surface area contributed by atoms with Gasteiger partial charge in [0, 0.05) is 129 Å². The number of aliphatic hydroxyl groups is 1. The Morgan fingerprint density at radius 3 is 0.888 bits per heavy atom. The second-order valence-corrected chi connectivity index (χ2v) is 28.7. The van der Waals surface area contributed by atoms with Crippen LogP contribution in [0.1, 0.15) is 55.5 Å². The van der Waals surface area contributed by atoms with Crippen LogP contribution in [0.5, 0.6) is 0 Å². The van der Waals surface area contributed by atoms with Gasteiger partial charge < -0.3 is 35.0 Å². The molecule has 0 bridgehead atoms. The van der Waals surface area contributed by atoms with Crippen LogP contribution in [-0.4, -0.2) is 45.8 Å². The van der Waals surface area contributed by atoms with Gasteiger partial charge in [-0.3, -0.25) is 9.78 Å². The van der Waals surface area contributed by atoms with Crippen molar-refractivity contribution in [3.8, 4) is 112 Å². The Balaban J connectivity index is 0.000000198. The number of allylic oxidation sites excluding steroid dienone is 2. The van der Waals surface area contributed by atoms with Crippen LogP contribution >= 0.6 is 0 Å². The Kier molecular flexibility index (Phi) is 43.2. The number of benzene rings is 11. The third-order valence-electron chi connectivity index (χ3n) is 18.2. The van der Waals surface area contributed by atoms with Gasteiger partial charge >= 0.3 is 0 Å². The van der Waals surface area contributed by atoms with Crippen molar-refractivity contribution in [2.75, 3.05) is 0 Å². The van der Waals surface area contributed by atoms with Crippen LogP contribution in [0, 0.1) is 76.1 Å². The quantitative estimate of drug-likeness (QED) is 0.0682. The first-order valence-corrected chi connectivity index (χ1v) is 40.0. The predicted molar refractivity (Wildman–Crippen MR) is 498 cm³/mol. The second-order valence-electron chi connectivity index (χ2n) is 28.7. The molecule has 0 atom stereocenters. The normalized spacial score (nSPS) is 10.0. The molecule has 4 radical (unpaired) electrons. The molecule has 11 aromatic carbocycles. The summed E-state index contributed by atoms with van der Waals surface area (Å²) in [6.07, 6.45) is 13.2. The molecule has 0 aliphatic rings. The van der Waals surface area contributed by atoms with E-state index in [-0.39, 0.29) is 92.0 Å². The number of hydrogen-bond acceptors (Lipinski definition) is 9. The average molecular weight is 2340 g/mol. The molecule has 1 N–H and O–H groups in total. The first kappa shape index (κ1) is 99.6. The van der Waals surface area contributed by atoms with E-state index in [4.69, 9.17) is 10.1 Å². The Labute approximate surface area is 792 Å². The zero-order valence-corrected chi connectivity index (χ0v) is 80.3. The third kappa shape index (κ3) is 33.3. The van der Waals surface area contributed by atoms with Gasteiger partial charge in [0.05, 0.1) is 11.3 Å². The summed E-state index contributed by atoms with van der Waals surface area (Å²) < 4.78 is 0. The summed E-state index contributed by atoms with van der Waals surface area (Å²) in [7, 11) is 0. The monoisotopic (exact) mass is 2340 g/mol. The van der Waals surface area contributed by atoms with E-state index < -0.39 is 0 Å². The maximum Gasteiger partial charge on any atom is 0.155 e. The molecule has 632 valence electrons.